The van der Waals surface area contributed by atoms with Gasteiger partial charge in [-0.15, -0.1) is 0 Å². The number of hydrogen-bond donors (Lipinski definition) is 3. The van der Waals surface area contributed by atoms with Crippen molar-refractivity contribution < 1.29 is 9.90 Å². The summed E-state index contributed by atoms with van der Waals surface area (Å²) in [6, 6.07) is 0. The van der Waals surface area contributed by atoms with Gasteiger partial charge in [-0.25, -0.2) is 0 Å². The Morgan fingerprint density at radius 1 is 1.53 bits per heavy atom. The summed E-state index contributed by atoms with van der Waals surface area (Å²) in [7, 11) is 0. The van der Waals surface area contributed by atoms with Crippen LogP contribution in [0.2, 0.25) is 0 Å². The summed E-state index contributed by atoms with van der Waals surface area (Å²) in [6.45, 7) is 3.17. The number of carbonyl (C=O) groups is 1. The molecule has 2 heterocycles. The van der Waals surface area contributed by atoms with Crippen molar-refractivity contribution in [2.45, 2.75) is 25.4 Å². The van der Waals surface area contributed by atoms with Crippen LogP contribution in [0.3, 0.4) is 0 Å². The van der Waals surface area contributed by atoms with Crippen molar-refractivity contribution in [1.29, 1.82) is 0 Å². The van der Waals surface area contributed by atoms with E-state index in [0.29, 0.717) is 36.5 Å². The molecular formula is C10H16N4O2S. The molecular weight excluding hydrogens is 240 g/mol. The van der Waals surface area contributed by atoms with E-state index >= 15 is 0 Å². The number of nitrogens with two attached hydrogens (primary N) is 2. The number of hydrogen-bond acceptors (Lipinski definition) is 6. The fourth-order valence-electron chi connectivity index (χ4n) is 1.93. The zero-order valence-electron chi connectivity index (χ0n) is 9.64. The third-order valence-electron chi connectivity index (χ3n) is 3.07. The molecule has 0 saturated carbocycles. The van der Waals surface area contributed by atoms with Gasteiger partial charge >= 0.3 is 0 Å². The van der Waals surface area contributed by atoms with Crippen LogP contribution in [0.4, 0.5) is 10.8 Å². The standard InChI is InChI=1S/C10H16N4O2S/c1-10(16)2-4-14(5-3-10)9-6(8(12)15)7(11)13-17-9/h16H,2-5H2,1H3,(H2,11,13)(H2,12,15). The highest BCUT2D eigenvalue weighted by molar-refractivity contribution is 7.11. The van der Waals surface area contributed by atoms with Crippen LogP contribution in [-0.4, -0.2) is 34.1 Å². The van der Waals surface area contributed by atoms with Gasteiger partial charge in [-0.1, -0.05) is 0 Å². The molecule has 1 aromatic heterocycles. The van der Waals surface area contributed by atoms with E-state index in [4.69, 9.17) is 11.5 Å². The molecule has 0 aliphatic carbocycles. The van der Waals surface area contributed by atoms with Crippen LogP contribution < -0.4 is 16.4 Å². The average molecular weight is 256 g/mol. The van der Waals surface area contributed by atoms with Gasteiger partial charge in [-0.2, -0.15) is 4.37 Å². The summed E-state index contributed by atoms with van der Waals surface area (Å²) in [4.78, 5) is 13.3. The molecule has 0 aromatic carbocycles. The lowest BCUT2D eigenvalue weighted by Gasteiger charge is -2.36. The second-order valence-corrected chi connectivity index (χ2v) is 5.35. The quantitative estimate of drug-likeness (QED) is 0.699. The first-order chi connectivity index (χ1) is 7.91. The Hall–Kier alpha value is -1.34. The van der Waals surface area contributed by atoms with Crippen molar-refractivity contribution in [2.75, 3.05) is 23.7 Å². The number of aliphatic hydroxyl groups is 1. The zero-order valence-corrected chi connectivity index (χ0v) is 10.5. The van der Waals surface area contributed by atoms with E-state index in [1.165, 1.54) is 11.5 Å². The molecule has 0 atom stereocenters. The lowest BCUT2D eigenvalue weighted by Crippen LogP contribution is -2.42. The molecule has 2 rings (SSSR count). The Kier molecular flexibility index (Phi) is 2.96. The van der Waals surface area contributed by atoms with E-state index in [-0.39, 0.29) is 5.82 Å². The van der Waals surface area contributed by atoms with Crippen molar-refractivity contribution in [3.63, 3.8) is 0 Å². The third-order valence-corrected chi connectivity index (χ3v) is 4.00. The van der Waals surface area contributed by atoms with Gasteiger partial charge < -0.3 is 21.5 Å². The number of aromatic nitrogens is 1. The predicted molar refractivity (Wildman–Crippen MR) is 67.1 cm³/mol. The Morgan fingerprint density at radius 3 is 2.65 bits per heavy atom. The van der Waals surface area contributed by atoms with Gasteiger partial charge in [0.1, 0.15) is 10.6 Å². The fourth-order valence-corrected chi connectivity index (χ4v) is 2.80. The Bertz CT molecular complexity index is 434. The molecule has 0 spiro atoms. The highest BCUT2D eigenvalue weighted by atomic mass is 32.1. The van der Waals surface area contributed by atoms with E-state index in [1.807, 2.05) is 11.8 Å². The molecule has 5 N–H and O–H groups in total. The fraction of sp³-hybridized carbons (Fsp3) is 0.600. The predicted octanol–water partition coefficient (Wildman–Crippen LogP) is 0.175. The summed E-state index contributed by atoms with van der Waals surface area (Å²) in [5, 5.41) is 10.6. The van der Waals surface area contributed by atoms with Gasteiger partial charge in [0.15, 0.2) is 5.82 Å². The molecule has 1 fully saturated rings. The van der Waals surface area contributed by atoms with Crippen molar-refractivity contribution in [2.24, 2.45) is 5.73 Å². The van der Waals surface area contributed by atoms with Crippen molar-refractivity contribution >= 4 is 28.3 Å². The Balaban J connectivity index is 2.22. The van der Waals surface area contributed by atoms with E-state index < -0.39 is 11.5 Å². The highest BCUT2D eigenvalue weighted by Crippen LogP contribution is 2.33. The van der Waals surface area contributed by atoms with Crippen LogP contribution in [-0.2, 0) is 0 Å². The lowest BCUT2D eigenvalue weighted by molar-refractivity contribution is 0.0352. The third kappa shape index (κ3) is 2.34. The van der Waals surface area contributed by atoms with Crippen molar-refractivity contribution in [3.8, 4) is 0 Å². The number of primary amides is 1. The molecule has 94 valence electrons. The topological polar surface area (TPSA) is 105 Å². The largest absolute Gasteiger partial charge is 0.390 e. The molecule has 1 aliphatic rings. The summed E-state index contributed by atoms with van der Waals surface area (Å²) in [5.74, 6) is -0.363. The van der Waals surface area contributed by atoms with Crippen LogP contribution in [0, 0.1) is 0 Å². The molecule has 17 heavy (non-hydrogen) atoms. The van der Waals surface area contributed by atoms with Crippen LogP contribution in [0.25, 0.3) is 0 Å². The van der Waals surface area contributed by atoms with E-state index in [9.17, 15) is 9.90 Å². The lowest BCUT2D eigenvalue weighted by atomic mass is 9.94. The molecule has 7 heteroatoms. The number of carbonyl (C=O) groups excluding carboxylic acids is 1. The molecule has 1 aromatic rings. The highest BCUT2D eigenvalue weighted by Gasteiger charge is 2.30. The van der Waals surface area contributed by atoms with Crippen LogP contribution in [0.1, 0.15) is 30.1 Å². The van der Waals surface area contributed by atoms with Crippen LogP contribution in [0.5, 0.6) is 0 Å². The average Bonchev–Trinajstić information content (AvgIpc) is 2.60. The number of nitrogens with zero attached hydrogens (tertiary/aromatic N) is 2. The summed E-state index contributed by atoms with van der Waals surface area (Å²) in [5.41, 5.74) is 10.6. The van der Waals surface area contributed by atoms with Gasteiger partial charge in [0.2, 0.25) is 0 Å². The van der Waals surface area contributed by atoms with Gasteiger partial charge in [0, 0.05) is 13.1 Å². The van der Waals surface area contributed by atoms with E-state index in [0.717, 1.165) is 0 Å². The summed E-state index contributed by atoms with van der Waals surface area (Å²) < 4.78 is 3.96. The second-order valence-electron chi connectivity index (χ2n) is 4.60. The number of amides is 1. The Labute approximate surface area is 103 Å². The van der Waals surface area contributed by atoms with E-state index in [1.54, 1.807) is 0 Å². The van der Waals surface area contributed by atoms with Crippen molar-refractivity contribution in [1.82, 2.24) is 4.37 Å². The SMILES string of the molecule is CC1(O)CCN(c2snc(N)c2C(N)=O)CC1. The van der Waals surface area contributed by atoms with Crippen LogP contribution >= 0.6 is 11.5 Å². The molecule has 1 saturated heterocycles. The molecule has 0 bridgehead atoms. The minimum Gasteiger partial charge on any atom is -0.390 e. The van der Waals surface area contributed by atoms with Gasteiger partial charge in [-0.3, -0.25) is 4.79 Å². The molecule has 0 radical (unpaired) electrons. The monoisotopic (exact) mass is 256 g/mol. The number of nitrogen functional groups attached to an aromatic ring is 1. The molecule has 0 unspecified atom stereocenters. The molecule has 1 aliphatic heterocycles. The Morgan fingerprint density at radius 2 is 2.12 bits per heavy atom. The smallest absolute Gasteiger partial charge is 0.255 e. The maximum atomic E-state index is 11.3. The van der Waals surface area contributed by atoms with Crippen molar-refractivity contribution in [3.05, 3.63) is 5.56 Å². The number of piperidine rings is 1. The maximum Gasteiger partial charge on any atom is 0.255 e. The minimum absolute atomic E-state index is 0.190. The van der Waals surface area contributed by atoms with E-state index in [2.05, 4.69) is 4.37 Å². The maximum absolute atomic E-state index is 11.3. The zero-order chi connectivity index (χ0) is 12.6. The van der Waals surface area contributed by atoms with Gasteiger partial charge in [-0.05, 0) is 31.3 Å². The van der Waals surface area contributed by atoms with Gasteiger partial charge in [0.25, 0.3) is 5.91 Å². The van der Waals surface area contributed by atoms with Crippen LogP contribution in [0.15, 0.2) is 0 Å². The van der Waals surface area contributed by atoms with Gasteiger partial charge in [0.05, 0.1) is 5.60 Å². The summed E-state index contributed by atoms with van der Waals surface area (Å²) >= 11 is 1.18. The molecule has 6 nitrogen and oxygen atoms in total. The summed E-state index contributed by atoms with van der Waals surface area (Å²) in [6.07, 6.45) is 1.31. The first-order valence-corrected chi connectivity index (χ1v) is 6.20. The second kappa shape index (κ2) is 4.15. The molecule has 1 amide bonds. The first kappa shape index (κ1) is 12.1. The minimum atomic E-state index is -0.625. The first-order valence-electron chi connectivity index (χ1n) is 5.43. The number of anilines is 2. The number of rotatable bonds is 2. The normalized spacial score (nSPS) is 19.3.